The summed E-state index contributed by atoms with van der Waals surface area (Å²) in [6, 6.07) is 4.77. The molecule has 2 aliphatic rings. The summed E-state index contributed by atoms with van der Waals surface area (Å²) in [5.41, 5.74) is 0.507. The highest BCUT2D eigenvalue weighted by atomic mass is 32.2. The van der Waals surface area contributed by atoms with Crippen LogP contribution in [-0.4, -0.2) is 25.9 Å². The number of sulfonamides is 1. The third kappa shape index (κ3) is 2.38. The molecule has 108 valence electrons. The van der Waals surface area contributed by atoms with E-state index in [2.05, 4.69) is 15.4 Å². The predicted molar refractivity (Wildman–Crippen MR) is 76.1 cm³/mol. The van der Waals surface area contributed by atoms with E-state index in [1.165, 1.54) is 6.07 Å². The highest BCUT2D eigenvalue weighted by Crippen LogP contribution is 2.33. The standard InChI is InChI=1S/C13H17N3O3S/c1-13(2)12(17)14-11-7-9(5-6-10(11)15-13)20(18,19)16-8-3-4-8/h5-8,15-16H,3-4H2,1-2H3,(H,14,17). The molecule has 0 spiro atoms. The summed E-state index contributed by atoms with van der Waals surface area (Å²) >= 11 is 0. The molecule has 3 rings (SSSR count). The number of benzene rings is 1. The van der Waals surface area contributed by atoms with Crippen molar-refractivity contribution < 1.29 is 13.2 Å². The van der Waals surface area contributed by atoms with Gasteiger partial charge in [-0.15, -0.1) is 0 Å². The lowest BCUT2D eigenvalue weighted by Gasteiger charge is -2.32. The van der Waals surface area contributed by atoms with E-state index >= 15 is 0 Å². The molecule has 0 aromatic heterocycles. The first-order valence-electron chi connectivity index (χ1n) is 6.54. The van der Waals surface area contributed by atoms with Gasteiger partial charge in [-0.25, -0.2) is 13.1 Å². The maximum Gasteiger partial charge on any atom is 0.249 e. The fourth-order valence-electron chi connectivity index (χ4n) is 2.06. The van der Waals surface area contributed by atoms with E-state index in [0.29, 0.717) is 5.69 Å². The van der Waals surface area contributed by atoms with E-state index in [9.17, 15) is 13.2 Å². The fraction of sp³-hybridized carbons (Fsp3) is 0.462. The maximum absolute atomic E-state index is 12.1. The second-order valence-electron chi connectivity index (χ2n) is 5.81. The van der Waals surface area contributed by atoms with E-state index in [1.807, 2.05) is 0 Å². The van der Waals surface area contributed by atoms with Gasteiger partial charge in [0.25, 0.3) is 0 Å². The Morgan fingerprint density at radius 3 is 2.60 bits per heavy atom. The number of anilines is 2. The number of hydrogen-bond donors (Lipinski definition) is 3. The molecular formula is C13H17N3O3S. The van der Waals surface area contributed by atoms with Gasteiger partial charge < -0.3 is 10.6 Å². The number of amides is 1. The topological polar surface area (TPSA) is 87.3 Å². The molecule has 1 aliphatic heterocycles. The molecule has 1 aromatic rings. The summed E-state index contributed by atoms with van der Waals surface area (Å²) in [6.45, 7) is 3.54. The van der Waals surface area contributed by atoms with E-state index in [4.69, 9.17) is 0 Å². The monoisotopic (exact) mass is 295 g/mol. The van der Waals surface area contributed by atoms with Crippen LogP contribution in [0.4, 0.5) is 11.4 Å². The van der Waals surface area contributed by atoms with Gasteiger partial charge in [0.15, 0.2) is 0 Å². The van der Waals surface area contributed by atoms with E-state index in [1.54, 1.807) is 26.0 Å². The van der Waals surface area contributed by atoms with Crippen LogP contribution in [0.3, 0.4) is 0 Å². The lowest BCUT2D eigenvalue weighted by atomic mass is 10.0. The molecule has 7 heteroatoms. The van der Waals surface area contributed by atoms with Gasteiger partial charge in [-0.1, -0.05) is 0 Å². The summed E-state index contributed by atoms with van der Waals surface area (Å²) in [4.78, 5) is 12.1. The largest absolute Gasteiger partial charge is 0.370 e. The highest BCUT2D eigenvalue weighted by Gasteiger charge is 2.34. The van der Waals surface area contributed by atoms with E-state index < -0.39 is 15.6 Å². The molecule has 0 bridgehead atoms. The van der Waals surface area contributed by atoms with Crippen LogP contribution >= 0.6 is 0 Å². The quantitative estimate of drug-likeness (QED) is 0.783. The molecule has 1 saturated carbocycles. The Labute approximate surface area is 118 Å². The van der Waals surface area contributed by atoms with Crippen molar-refractivity contribution in [2.75, 3.05) is 10.6 Å². The highest BCUT2D eigenvalue weighted by molar-refractivity contribution is 7.89. The third-order valence-electron chi connectivity index (χ3n) is 3.46. The predicted octanol–water partition coefficient (Wildman–Crippen LogP) is 1.27. The SMILES string of the molecule is CC1(C)Nc2ccc(S(=O)(=O)NC3CC3)cc2NC1=O. The first kappa shape index (κ1) is 13.4. The number of fused-ring (bicyclic) bond motifs is 1. The van der Waals surface area contributed by atoms with Crippen molar-refractivity contribution in [3.8, 4) is 0 Å². The maximum atomic E-state index is 12.1. The molecule has 1 aromatic carbocycles. The molecule has 0 unspecified atom stereocenters. The normalized spacial score (nSPS) is 20.8. The minimum atomic E-state index is -3.51. The van der Waals surface area contributed by atoms with E-state index in [0.717, 1.165) is 18.5 Å². The third-order valence-corrected chi connectivity index (χ3v) is 4.98. The molecule has 1 aliphatic carbocycles. The van der Waals surface area contributed by atoms with E-state index in [-0.39, 0.29) is 16.8 Å². The molecule has 20 heavy (non-hydrogen) atoms. The second kappa shape index (κ2) is 4.20. The molecule has 1 fully saturated rings. The number of hydrogen-bond acceptors (Lipinski definition) is 4. The van der Waals surface area contributed by atoms with Crippen molar-refractivity contribution >= 4 is 27.3 Å². The minimum Gasteiger partial charge on any atom is -0.370 e. The van der Waals surface area contributed by atoms with Crippen LogP contribution in [0.2, 0.25) is 0 Å². The Bertz CT molecular complexity index is 678. The molecule has 0 radical (unpaired) electrons. The Balaban J connectivity index is 1.94. The molecule has 6 nitrogen and oxygen atoms in total. The minimum absolute atomic E-state index is 0.0580. The average molecular weight is 295 g/mol. The zero-order valence-electron chi connectivity index (χ0n) is 11.4. The van der Waals surface area contributed by atoms with Gasteiger partial charge in [0.2, 0.25) is 15.9 Å². The smallest absolute Gasteiger partial charge is 0.249 e. The zero-order chi connectivity index (χ0) is 14.5. The average Bonchev–Trinajstić information content (AvgIpc) is 3.12. The van der Waals surface area contributed by atoms with Crippen LogP contribution in [0, 0.1) is 0 Å². The molecule has 0 saturated heterocycles. The van der Waals surface area contributed by atoms with Gasteiger partial charge in [0.1, 0.15) is 5.54 Å². The van der Waals surface area contributed by atoms with Crippen LogP contribution in [0.25, 0.3) is 0 Å². The molecule has 0 atom stereocenters. The zero-order valence-corrected chi connectivity index (χ0v) is 12.2. The molecule has 1 heterocycles. The summed E-state index contributed by atoms with van der Waals surface area (Å²) in [7, 11) is -3.51. The Morgan fingerprint density at radius 1 is 1.25 bits per heavy atom. The Hall–Kier alpha value is -1.60. The second-order valence-corrected chi connectivity index (χ2v) is 7.52. The molecule has 3 N–H and O–H groups in total. The van der Waals surface area contributed by atoms with Crippen molar-refractivity contribution in [1.29, 1.82) is 0 Å². The first-order chi connectivity index (χ1) is 9.28. The van der Waals surface area contributed by atoms with Crippen molar-refractivity contribution in [3.63, 3.8) is 0 Å². The van der Waals surface area contributed by atoms with Crippen molar-refractivity contribution in [3.05, 3.63) is 18.2 Å². The lowest BCUT2D eigenvalue weighted by Crippen LogP contribution is -2.47. The summed E-state index contributed by atoms with van der Waals surface area (Å²) in [6.07, 6.45) is 1.77. The number of rotatable bonds is 3. The van der Waals surface area contributed by atoms with Crippen LogP contribution in [0.5, 0.6) is 0 Å². The Morgan fingerprint density at radius 2 is 1.95 bits per heavy atom. The summed E-state index contributed by atoms with van der Waals surface area (Å²) in [5.74, 6) is -0.185. The van der Waals surface area contributed by atoms with Gasteiger partial charge in [-0.3, -0.25) is 4.79 Å². The van der Waals surface area contributed by atoms with Crippen molar-refractivity contribution in [2.45, 2.75) is 43.2 Å². The Kier molecular flexibility index (Phi) is 2.81. The lowest BCUT2D eigenvalue weighted by molar-refractivity contribution is -0.119. The van der Waals surface area contributed by atoms with Gasteiger partial charge in [0.05, 0.1) is 16.3 Å². The van der Waals surface area contributed by atoms with Crippen LogP contribution < -0.4 is 15.4 Å². The summed E-state index contributed by atoms with van der Waals surface area (Å²) < 4.78 is 26.9. The van der Waals surface area contributed by atoms with Crippen LogP contribution in [0.15, 0.2) is 23.1 Å². The number of carbonyl (C=O) groups is 1. The number of nitrogens with one attached hydrogen (secondary N) is 3. The van der Waals surface area contributed by atoms with Crippen molar-refractivity contribution in [1.82, 2.24) is 4.72 Å². The van der Waals surface area contributed by atoms with Crippen LogP contribution in [-0.2, 0) is 14.8 Å². The molecular weight excluding hydrogens is 278 g/mol. The fourth-order valence-corrected chi connectivity index (χ4v) is 3.39. The molecule has 1 amide bonds. The first-order valence-corrected chi connectivity index (χ1v) is 8.02. The van der Waals surface area contributed by atoms with Gasteiger partial charge in [-0.05, 0) is 44.9 Å². The van der Waals surface area contributed by atoms with Crippen LogP contribution in [0.1, 0.15) is 26.7 Å². The van der Waals surface area contributed by atoms with Gasteiger partial charge >= 0.3 is 0 Å². The number of carbonyl (C=O) groups excluding carboxylic acids is 1. The van der Waals surface area contributed by atoms with Gasteiger partial charge in [0, 0.05) is 6.04 Å². The summed E-state index contributed by atoms with van der Waals surface area (Å²) in [5, 5.41) is 5.83. The van der Waals surface area contributed by atoms with Crippen molar-refractivity contribution in [2.24, 2.45) is 0 Å². The van der Waals surface area contributed by atoms with Gasteiger partial charge in [-0.2, -0.15) is 0 Å².